The van der Waals surface area contributed by atoms with E-state index < -0.39 is 18.1 Å². The largest absolute Gasteiger partial charge is 0.435 e. The third-order valence-corrected chi connectivity index (χ3v) is 3.85. The van der Waals surface area contributed by atoms with Gasteiger partial charge in [-0.25, -0.2) is 0 Å². The minimum absolute atomic E-state index is 0.0186. The molecule has 0 saturated carbocycles. The summed E-state index contributed by atoms with van der Waals surface area (Å²) in [5, 5.41) is 3.20. The van der Waals surface area contributed by atoms with Crippen molar-refractivity contribution in [2.24, 2.45) is 5.73 Å². The molecule has 21 heavy (non-hydrogen) atoms. The summed E-state index contributed by atoms with van der Waals surface area (Å²) in [6.07, 6.45) is 0. The molecule has 1 heterocycles. The molecule has 0 bridgehead atoms. The number of rotatable bonds is 5. The number of nitrogens with one attached hydrogen (secondary N) is 1. The molecule has 1 saturated heterocycles. The highest BCUT2D eigenvalue weighted by molar-refractivity contribution is 5.85. The number of benzene rings is 1. The van der Waals surface area contributed by atoms with Crippen molar-refractivity contribution < 1.29 is 18.3 Å². The lowest BCUT2D eigenvalue weighted by atomic mass is 9.88. The maximum absolute atomic E-state index is 12.3. The number of nitrogens with zero attached hydrogens (tertiary/aromatic N) is 1. The van der Waals surface area contributed by atoms with E-state index in [4.69, 9.17) is 5.73 Å². The molecule has 0 aromatic heterocycles. The zero-order chi connectivity index (χ0) is 15.5. The number of hydrogen-bond donors (Lipinski definition) is 2. The van der Waals surface area contributed by atoms with E-state index in [2.05, 4.69) is 10.1 Å². The number of hydrogen-bond acceptors (Lipinski definition) is 4. The number of halogens is 2. The lowest BCUT2D eigenvalue weighted by Gasteiger charge is -2.41. The first-order valence-corrected chi connectivity index (χ1v) is 6.75. The lowest BCUT2D eigenvalue weighted by molar-refractivity contribution is -0.130. The van der Waals surface area contributed by atoms with Crippen LogP contribution in [0.15, 0.2) is 24.3 Å². The standard InChI is InChI=1S/C14H19F2N3O2/c1-14(12(17)20,19-7-5-18-6-8-19)10-3-2-4-11(9-10)21-13(15)16/h2-4,9,13,18H,5-8H2,1H3,(H2,17,20). The van der Waals surface area contributed by atoms with Gasteiger partial charge in [-0.05, 0) is 24.6 Å². The van der Waals surface area contributed by atoms with Gasteiger partial charge in [-0.15, -0.1) is 0 Å². The summed E-state index contributed by atoms with van der Waals surface area (Å²) in [6, 6.07) is 6.15. The highest BCUT2D eigenvalue weighted by Gasteiger charge is 2.40. The summed E-state index contributed by atoms with van der Waals surface area (Å²) in [4.78, 5) is 14.0. The van der Waals surface area contributed by atoms with Crippen molar-refractivity contribution in [3.63, 3.8) is 0 Å². The van der Waals surface area contributed by atoms with Crippen molar-refractivity contribution in [1.29, 1.82) is 0 Å². The third kappa shape index (κ3) is 3.30. The van der Waals surface area contributed by atoms with E-state index in [1.54, 1.807) is 19.1 Å². The molecule has 1 amide bonds. The summed E-state index contributed by atoms with van der Waals surface area (Å²) in [7, 11) is 0. The second-order valence-corrected chi connectivity index (χ2v) is 5.08. The van der Waals surface area contributed by atoms with Gasteiger partial charge in [-0.3, -0.25) is 9.69 Å². The molecule has 1 unspecified atom stereocenters. The Hall–Kier alpha value is -1.73. The summed E-state index contributed by atoms with van der Waals surface area (Å²) in [6.45, 7) is 1.60. The Morgan fingerprint density at radius 1 is 1.43 bits per heavy atom. The van der Waals surface area contributed by atoms with Gasteiger partial charge < -0.3 is 15.8 Å². The van der Waals surface area contributed by atoms with Crippen molar-refractivity contribution >= 4 is 5.91 Å². The first-order chi connectivity index (χ1) is 9.94. The summed E-state index contributed by atoms with van der Waals surface area (Å²) in [5.74, 6) is -0.497. The van der Waals surface area contributed by atoms with Crippen LogP contribution in [-0.2, 0) is 10.3 Å². The fraction of sp³-hybridized carbons (Fsp3) is 0.500. The first-order valence-electron chi connectivity index (χ1n) is 6.75. The van der Waals surface area contributed by atoms with Crippen molar-refractivity contribution in [3.05, 3.63) is 29.8 Å². The molecule has 1 fully saturated rings. The molecular formula is C14H19F2N3O2. The normalized spacial score (nSPS) is 19.2. The Bertz CT molecular complexity index is 507. The quantitative estimate of drug-likeness (QED) is 0.847. The van der Waals surface area contributed by atoms with Crippen LogP contribution in [0.25, 0.3) is 0 Å². The molecule has 1 atom stereocenters. The summed E-state index contributed by atoms with van der Waals surface area (Å²) < 4.78 is 29.1. The minimum atomic E-state index is -2.90. The van der Waals surface area contributed by atoms with Crippen molar-refractivity contribution in [1.82, 2.24) is 10.2 Å². The fourth-order valence-electron chi connectivity index (χ4n) is 2.57. The van der Waals surface area contributed by atoms with E-state index >= 15 is 0 Å². The predicted molar refractivity (Wildman–Crippen MR) is 74.1 cm³/mol. The molecule has 1 aromatic carbocycles. The zero-order valence-corrected chi connectivity index (χ0v) is 11.8. The fourth-order valence-corrected chi connectivity index (χ4v) is 2.57. The molecule has 1 aliphatic rings. The first kappa shape index (κ1) is 15.7. The van der Waals surface area contributed by atoms with Crippen LogP contribution in [0.4, 0.5) is 8.78 Å². The monoisotopic (exact) mass is 299 g/mol. The number of primary amides is 1. The highest BCUT2D eigenvalue weighted by Crippen LogP contribution is 2.31. The van der Waals surface area contributed by atoms with E-state index in [1.165, 1.54) is 12.1 Å². The zero-order valence-electron chi connectivity index (χ0n) is 11.8. The number of carbonyl (C=O) groups is 1. The number of amides is 1. The van der Waals surface area contributed by atoms with Crippen LogP contribution in [0, 0.1) is 0 Å². The maximum Gasteiger partial charge on any atom is 0.387 e. The number of nitrogens with two attached hydrogens (primary N) is 1. The molecule has 116 valence electrons. The Kier molecular flexibility index (Phi) is 4.74. The summed E-state index contributed by atoms with van der Waals surface area (Å²) in [5.41, 5.74) is 5.09. The van der Waals surface area contributed by atoms with Gasteiger partial charge in [-0.1, -0.05) is 12.1 Å². The molecule has 7 heteroatoms. The smallest absolute Gasteiger partial charge is 0.387 e. The van der Waals surface area contributed by atoms with Crippen LogP contribution in [-0.4, -0.2) is 43.6 Å². The second kappa shape index (κ2) is 6.36. The van der Waals surface area contributed by atoms with Gasteiger partial charge in [-0.2, -0.15) is 8.78 Å². The molecule has 5 nitrogen and oxygen atoms in total. The van der Waals surface area contributed by atoms with Crippen molar-refractivity contribution in [2.45, 2.75) is 19.1 Å². The molecule has 0 spiro atoms. The number of alkyl halides is 2. The lowest BCUT2D eigenvalue weighted by Crippen LogP contribution is -2.58. The average molecular weight is 299 g/mol. The van der Waals surface area contributed by atoms with Gasteiger partial charge in [0.1, 0.15) is 11.3 Å². The van der Waals surface area contributed by atoms with Crippen LogP contribution in [0.3, 0.4) is 0 Å². The molecule has 1 aliphatic heterocycles. The second-order valence-electron chi connectivity index (χ2n) is 5.08. The van der Waals surface area contributed by atoms with Crippen LogP contribution in [0.2, 0.25) is 0 Å². The maximum atomic E-state index is 12.3. The van der Waals surface area contributed by atoms with Crippen molar-refractivity contribution in [2.75, 3.05) is 26.2 Å². The molecule has 0 radical (unpaired) electrons. The Balaban J connectivity index is 2.35. The molecule has 1 aromatic rings. The molecular weight excluding hydrogens is 280 g/mol. The molecule has 0 aliphatic carbocycles. The van der Waals surface area contributed by atoms with Crippen LogP contribution < -0.4 is 15.8 Å². The molecule has 3 N–H and O–H groups in total. The van der Waals surface area contributed by atoms with Gasteiger partial charge in [0.05, 0.1) is 0 Å². The highest BCUT2D eigenvalue weighted by atomic mass is 19.3. The molecule has 2 rings (SSSR count). The average Bonchev–Trinajstić information content (AvgIpc) is 2.46. The Morgan fingerprint density at radius 3 is 2.67 bits per heavy atom. The van der Waals surface area contributed by atoms with Crippen LogP contribution in [0.5, 0.6) is 5.75 Å². The topological polar surface area (TPSA) is 67.6 Å². The van der Waals surface area contributed by atoms with Crippen LogP contribution in [0.1, 0.15) is 12.5 Å². The third-order valence-electron chi connectivity index (χ3n) is 3.85. The van der Waals surface area contributed by atoms with E-state index in [0.29, 0.717) is 18.7 Å². The van der Waals surface area contributed by atoms with Gasteiger partial charge in [0.15, 0.2) is 0 Å². The number of ether oxygens (including phenoxy) is 1. The minimum Gasteiger partial charge on any atom is -0.435 e. The number of piperazine rings is 1. The van der Waals surface area contributed by atoms with Gasteiger partial charge in [0.25, 0.3) is 0 Å². The van der Waals surface area contributed by atoms with Gasteiger partial charge in [0.2, 0.25) is 5.91 Å². The van der Waals surface area contributed by atoms with E-state index in [9.17, 15) is 13.6 Å². The number of carbonyl (C=O) groups excluding carboxylic acids is 1. The SMILES string of the molecule is CC(C(N)=O)(c1cccc(OC(F)F)c1)N1CCNCC1. The Morgan fingerprint density at radius 2 is 2.10 bits per heavy atom. The van der Waals surface area contributed by atoms with Crippen molar-refractivity contribution in [3.8, 4) is 5.75 Å². The Labute approximate surface area is 122 Å². The van der Waals surface area contributed by atoms with Gasteiger partial charge >= 0.3 is 6.61 Å². The predicted octanol–water partition coefficient (Wildman–Crippen LogP) is 0.894. The van der Waals surface area contributed by atoms with E-state index in [0.717, 1.165) is 13.1 Å². The summed E-state index contributed by atoms with van der Waals surface area (Å²) >= 11 is 0. The van der Waals surface area contributed by atoms with Gasteiger partial charge in [0, 0.05) is 26.2 Å². The van der Waals surface area contributed by atoms with E-state index in [1.807, 2.05) is 4.90 Å². The van der Waals surface area contributed by atoms with E-state index in [-0.39, 0.29) is 5.75 Å². The van der Waals surface area contributed by atoms with Crippen LogP contribution >= 0.6 is 0 Å².